The van der Waals surface area contributed by atoms with Crippen LogP contribution in [-0.4, -0.2) is 79.7 Å². The molecule has 2 fully saturated rings. The molecule has 3 N–H and O–H groups in total. The average molecular weight is 791 g/mol. The average Bonchev–Trinajstić information content (AvgIpc) is 4.04. The zero-order valence-electron chi connectivity index (χ0n) is 31.5. The standard InChI is InChI=1S/C43H44F2N8O3S/c44-35-21-30(20-33-34(35)23-53(42(33)56)40(41(55)49-43-47-13-19-57-43)39-37-2-1-14-52(37)25-48-39)27-5-3-26(4-6-27)28-11-17-51(18-12-28)38(54)24-50-15-9-29(10-16-50)32-8-7-31(46)22-36(32)45/h3-8,13,19-22,25,28-29,40H,1-2,9-12,14-18,23-24,46H2,(H,47,49,55). The maximum atomic E-state index is 15.9. The number of hydrogen-bond donors (Lipinski definition) is 2. The van der Waals surface area contributed by atoms with Crippen molar-refractivity contribution >= 4 is 39.9 Å². The van der Waals surface area contributed by atoms with Gasteiger partial charge < -0.3 is 20.1 Å². The number of nitrogens with one attached hydrogen (secondary N) is 1. The molecule has 0 spiro atoms. The number of benzene rings is 3. The number of amides is 3. The number of fused-ring (bicyclic) bond motifs is 2. The van der Waals surface area contributed by atoms with Crippen molar-refractivity contribution in [3.63, 3.8) is 0 Å². The first-order valence-corrected chi connectivity index (χ1v) is 20.6. The highest BCUT2D eigenvalue weighted by Gasteiger charge is 2.42. The van der Waals surface area contributed by atoms with E-state index >= 15 is 4.39 Å². The molecule has 0 bridgehead atoms. The van der Waals surface area contributed by atoms with Crippen molar-refractivity contribution in [1.29, 1.82) is 0 Å². The van der Waals surface area contributed by atoms with E-state index in [1.807, 2.05) is 21.6 Å². The van der Waals surface area contributed by atoms with Crippen LogP contribution in [0.4, 0.5) is 19.6 Å². The monoisotopic (exact) mass is 790 g/mol. The van der Waals surface area contributed by atoms with Crippen molar-refractivity contribution in [2.24, 2.45) is 0 Å². The summed E-state index contributed by atoms with van der Waals surface area (Å²) < 4.78 is 32.4. The number of carbonyl (C=O) groups is 3. The number of likely N-dealkylation sites (tertiary alicyclic amines) is 2. The number of piperidine rings is 2. The number of nitrogens with zero attached hydrogens (tertiary/aromatic N) is 6. The van der Waals surface area contributed by atoms with Crippen molar-refractivity contribution in [3.05, 3.63) is 118 Å². The first-order valence-electron chi connectivity index (χ1n) is 19.7. The van der Waals surface area contributed by atoms with Crippen LogP contribution in [0.1, 0.15) is 88.4 Å². The lowest BCUT2D eigenvalue weighted by molar-refractivity contribution is -0.133. The Labute approximate surface area is 333 Å². The fourth-order valence-electron chi connectivity index (χ4n) is 9.14. The summed E-state index contributed by atoms with van der Waals surface area (Å²) in [4.78, 5) is 55.5. The number of aromatic nitrogens is 3. The van der Waals surface area contributed by atoms with Crippen molar-refractivity contribution in [3.8, 4) is 11.1 Å². The minimum atomic E-state index is -1.04. The minimum Gasteiger partial charge on any atom is -0.399 e. The molecule has 14 heteroatoms. The molecule has 3 aromatic carbocycles. The molecular weight excluding hydrogens is 747 g/mol. The second-order valence-corrected chi connectivity index (χ2v) is 16.5. The van der Waals surface area contributed by atoms with Gasteiger partial charge in [-0.15, -0.1) is 11.3 Å². The number of nitrogen functional groups attached to an aromatic ring is 1. The summed E-state index contributed by atoms with van der Waals surface area (Å²) in [6.45, 7) is 3.98. The molecular formula is C43H44F2N8O3S. The van der Waals surface area contributed by atoms with Crippen LogP contribution >= 0.6 is 11.3 Å². The van der Waals surface area contributed by atoms with E-state index in [1.54, 1.807) is 36.1 Å². The van der Waals surface area contributed by atoms with E-state index in [2.05, 4.69) is 32.3 Å². The van der Waals surface area contributed by atoms with Gasteiger partial charge in [-0.3, -0.25) is 24.6 Å². The molecule has 4 aliphatic rings. The molecule has 1 unspecified atom stereocenters. The molecule has 0 aliphatic carbocycles. The lowest BCUT2D eigenvalue weighted by Gasteiger charge is -2.36. The number of halogens is 2. The molecule has 57 heavy (non-hydrogen) atoms. The molecule has 0 saturated carbocycles. The van der Waals surface area contributed by atoms with Gasteiger partial charge in [0.15, 0.2) is 11.2 Å². The molecule has 3 amide bonds. The summed E-state index contributed by atoms with van der Waals surface area (Å²) in [5, 5.41) is 5.01. The number of rotatable bonds is 9. The Hall–Kier alpha value is -5.47. The normalized spacial score (nSPS) is 18.2. The fourth-order valence-corrected chi connectivity index (χ4v) is 9.67. The zero-order valence-corrected chi connectivity index (χ0v) is 32.3. The van der Waals surface area contributed by atoms with E-state index in [0.717, 1.165) is 75.0 Å². The molecule has 9 rings (SSSR count). The van der Waals surface area contributed by atoms with Crippen LogP contribution in [0.15, 0.2) is 72.5 Å². The lowest BCUT2D eigenvalue weighted by atomic mass is 9.88. The molecule has 11 nitrogen and oxygen atoms in total. The van der Waals surface area contributed by atoms with E-state index in [9.17, 15) is 18.8 Å². The van der Waals surface area contributed by atoms with Crippen molar-refractivity contribution in [2.45, 2.75) is 69.5 Å². The number of hydrogen-bond acceptors (Lipinski definition) is 8. The van der Waals surface area contributed by atoms with Crippen LogP contribution < -0.4 is 11.1 Å². The van der Waals surface area contributed by atoms with E-state index < -0.39 is 23.7 Å². The van der Waals surface area contributed by atoms with Crippen LogP contribution in [0.5, 0.6) is 0 Å². The van der Waals surface area contributed by atoms with Gasteiger partial charge in [-0.05, 0) is 110 Å². The zero-order chi connectivity index (χ0) is 39.2. The maximum Gasteiger partial charge on any atom is 0.255 e. The van der Waals surface area contributed by atoms with Crippen molar-refractivity contribution in [2.75, 3.05) is 43.8 Å². The van der Waals surface area contributed by atoms with Crippen molar-refractivity contribution in [1.82, 2.24) is 29.2 Å². The van der Waals surface area contributed by atoms with E-state index in [-0.39, 0.29) is 41.2 Å². The van der Waals surface area contributed by atoms with E-state index in [0.29, 0.717) is 47.3 Å². The highest BCUT2D eigenvalue weighted by molar-refractivity contribution is 7.13. The minimum absolute atomic E-state index is 0.0487. The van der Waals surface area contributed by atoms with E-state index in [1.165, 1.54) is 28.4 Å². The fraction of sp³-hybridized carbons (Fsp3) is 0.372. The first kappa shape index (κ1) is 37.1. The first-order chi connectivity index (χ1) is 27.7. The Morgan fingerprint density at radius 3 is 2.40 bits per heavy atom. The topological polar surface area (TPSA) is 130 Å². The van der Waals surface area contributed by atoms with Gasteiger partial charge in [0.25, 0.3) is 11.8 Å². The van der Waals surface area contributed by atoms with Gasteiger partial charge in [0, 0.05) is 53.7 Å². The Kier molecular flexibility index (Phi) is 10.1. The molecule has 294 valence electrons. The molecule has 1 atom stereocenters. The van der Waals surface area contributed by atoms with Gasteiger partial charge in [-0.25, -0.2) is 18.7 Å². The largest absolute Gasteiger partial charge is 0.399 e. The summed E-state index contributed by atoms with van der Waals surface area (Å²) in [5.74, 6) is -1.04. The number of nitrogens with two attached hydrogens (primary N) is 1. The summed E-state index contributed by atoms with van der Waals surface area (Å²) in [6, 6.07) is 15.1. The van der Waals surface area contributed by atoms with Crippen molar-refractivity contribution < 1.29 is 23.2 Å². The molecule has 0 radical (unpaired) electrons. The molecule has 5 aromatic rings. The third-order valence-corrected chi connectivity index (χ3v) is 13.0. The molecule has 2 aromatic heterocycles. The summed E-state index contributed by atoms with van der Waals surface area (Å²) >= 11 is 1.28. The highest BCUT2D eigenvalue weighted by Crippen LogP contribution is 2.39. The van der Waals surface area contributed by atoms with Gasteiger partial charge in [-0.2, -0.15) is 0 Å². The third kappa shape index (κ3) is 7.32. The van der Waals surface area contributed by atoms with Crippen LogP contribution in [-0.2, 0) is 29.1 Å². The Morgan fingerprint density at radius 1 is 0.895 bits per heavy atom. The molecule has 6 heterocycles. The van der Waals surface area contributed by atoms with Crippen LogP contribution in [0.2, 0.25) is 0 Å². The molecule has 4 aliphatic heterocycles. The summed E-state index contributed by atoms with van der Waals surface area (Å²) in [7, 11) is 0. The summed E-state index contributed by atoms with van der Waals surface area (Å²) in [6.07, 6.45) is 8.28. The van der Waals surface area contributed by atoms with Gasteiger partial charge in [0.1, 0.15) is 11.6 Å². The van der Waals surface area contributed by atoms with Crippen LogP contribution in [0, 0.1) is 11.6 Å². The number of anilines is 2. The predicted molar refractivity (Wildman–Crippen MR) is 214 cm³/mol. The number of imidazole rings is 1. The van der Waals surface area contributed by atoms with E-state index in [4.69, 9.17) is 5.73 Å². The Balaban J connectivity index is 0.828. The summed E-state index contributed by atoms with van der Waals surface area (Å²) in [5.41, 5.74) is 11.3. The SMILES string of the molecule is Nc1ccc(C2CCN(CC(=O)N3CCC(c4ccc(-c5cc(F)c6c(c5)C(=O)N(C(C(=O)Nc5nccs5)c5ncn7c5CCC7)C6)cc4)CC3)CC2)c(F)c1. The van der Waals surface area contributed by atoms with Crippen LogP contribution in [0.3, 0.4) is 0 Å². The van der Waals surface area contributed by atoms with Crippen LogP contribution in [0.25, 0.3) is 11.1 Å². The Bertz CT molecular complexity index is 2310. The maximum absolute atomic E-state index is 15.9. The number of thiazole rings is 1. The molecule has 2 saturated heterocycles. The van der Waals surface area contributed by atoms with Gasteiger partial charge in [0.05, 0.1) is 25.1 Å². The predicted octanol–water partition coefficient (Wildman–Crippen LogP) is 6.73. The lowest BCUT2D eigenvalue weighted by Crippen LogP contribution is -2.45. The van der Waals surface area contributed by atoms with Gasteiger partial charge in [-0.1, -0.05) is 30.3 Å². The highest BCUT2D eigenvalue weighted by atomic mass is 32.1. The second kappa shape index (κ2) is 15.5. The smallest absolute Gasteiger partial charge is 0.255 e. The number of carbonyl (C=O) groups excluding carboxylic acids is 3. The van der Waals surface area contributed by atoms with Gasteiger partial charge >= 0.3 is 0 Å². The third-order valence-electron chi connectivity index (χ3n) is 12.3. The Morgan fingerprint density at radius 2 is 1.67 bits per heavy atom. The second-order valence-electron chi connectivity index (χ2n) is 15.6. The van der Waals surface area contributed by atoms with Gasteiger partial charge in [0.2, 0.25) is 5.91 Å². The quantitative estimate of drug-likeness (QED) is 0.159. The number of aryl methyl sites for hydroxylation is 1.